The fourth-order valence-corrected chi connectivity index (χ4v) is 5.11. The Balaban J connectivity index is 1.27. The van der Waals surface area contributed by atoms with Gasteiger partial charge in [-0.1, -0.05) is 54.6 Å². The number of benzene rings is 4. The Morgan fingerprint density at radius 2 is 1.55 bits per heavy atom. The lowest BCUT2D eigenvalue weighted by molar-refractivity contribution is -0.123. The Labute approximate surface area is 235 Å². The van der Waals surface area contributed by atoms with Crippen molar-refractivity contribution < 1.29 is 33.3 Å². The molecular weight excluding hydrogens is 530 g/mol. The highest BCUT2D eigenvalue weighted by atomic mass is 32.2. The topological polar surface area (TPSA) is 91.4 Å². The van der Waals surface area contributed by atoms with Crippen LogP contribution in [0.25, 0.3) is 16.8 Å². The van der Waals surface area contributed by atoms with Crippen molar-refractivity contribution in [2.75, 3.05) is 27.4 Å². The Bertz CT molecular complexity index is 1630. The number of thioether (sulfide) groups is 1. The third-order valence-corrected chi connectivity index (χ3v) is 7.12. The predicted molar refractivity (Wildman–Crippen MR) is 153 cm³/mol. The monoisotopic (exact) mass is 555 g/mol. The molecule has 40 heavy (non-hydrogen) atoms. The molecule has 1 saturated heterocycles. The summed E-state index contributed by atoms with van der Waals surface area (Å²) in [6, 6.07) is 25.1. The zero-order valence-corrected chi connectivity index (χ0v) is 22.6. The normalized spacial score (nSPS) is 14.1. The molecule has 0 atom stereocenters. The number of ether oxygens (including phenoxy) is 4. The van der Waals surface area contributed by atoms with E-state index >= 15 is 0 Å². The van der Waals surface area contributed by atoms with Gasteiger partial charge in [-0.05, 0) is 64.5 Å². The van der Waals surface area contributed by atoms with Gasteiger partial charge in [-0.2, -0.15) is 0 Å². The molecule has 0 N–H and O–H groups in total. The lowest BCUT2D eigenvalue weighted by Gasteiger charge is -2.14. The molecule has 5 rings (SSSR count). The Morgan fingerprint density at radius 3 is 2.35 bits per heavy atom. The summed E-state index contributed by atoms with van der Waals surface area (Å²) in [5.41, 5.74) is 1.05. The van der Waals surface area contributed by atoms with E-state index in [1.54, 1.807) is 55.7 Å². The van der Waals surface area contributed by atoms with Crippen molar-refractivity contribution in [3.05, 3.63) is 101 Å². The molecule has 202 valence electrons. The molecule has 0 aromatic heterocycles. The van der Waals surface area contributed by atoms with Crippen LogP contribution in [0.4, 0.5) is 4.79 Å². The first kappa shape index (κ1) is 26.8. The Kier molecular flexibility index (Phi) is 8.02. The number of hydrogen-bond donors (Lipinski definition) is 0. The number of carbonyl (C=O) groups excluding carboxylic acids is 3. The average molecular weight is 556 g/mol. The molecular formula is C31H25NO7S. The molecule has 4 aromatic carbocycles. The van der Waals surface area contributed by atoms with Gasteiger partial charge in [0.15, 0.2) is 23.0 Å². The van der Waals surface area contributed by atoms with Crippen molar-refractivity contribution in [2.24, 2.45) is 0 Å². The fraction of sp³-hybridized carbons (Fsp3) is 0.129. The summed E-state index contributed by atoms with van der Waals surface area (Å²) >= 11 is 0.849. The number of nitrogens with zero attached hydrogens (tertiary/aromatic N) is 1. The van der Waals surface area contributed by atoms with Crippen LogP contribution in [0.15, 0.2) is 89.8 Å². The van der Waals surface area contributed by atoms with E-state index in [-0.39, 0.29) is 29.0 Å². The first-order chi connectivity index (χ1) is 19.5. The molecule has 9 heteroatoms. The minimum absolute atomic E-state index is 0.0897. The number of esters is 1. The number of carbonyl (C=O) groups is 3. The molecule has 1 heterocycles. The molecule has 0 radical (unpaired) electrons. The van der Waals surface area contributed by atoms with E-state index < -0.39 is 11.9 Å². The van der Waals surface area contributed by atoms with Crippen LogP contribution in [-0.2, 0) is 4.79 Å². The number of rotatable bonds is 9. The van der Waals surface area contributed by atoms with E-state index in [1.807, 2.05) is 42.5 Å². The first-order valence-corrected chi connectivity index (χ1v) is 13.2. The van der Waals surface area contributed by atoms with E-state index in [1.165, 1.54) is 7.11 Å². The van der Waals surface area contributed by atoms with Gasteiger partial charge >= 0.3 is 5.97 Å². The minimum Gasteiger partial charge on any atom is -0.493 e. The van der Waals surface area contributed by atoms with Crippen molar-refractivity contribution in [2.45, 2.75) is 0 Å². The van der Waals surface area contributed by atoms with Crippen LogP contribution in [0, 0.1) is 0 Å². The van der Waals surface area contributed by atoms with E-state index in [0.717, 1.165) is 27.4 Å². The summed E-state index contributed by atoms with van der Waals surface area (Å²) in [6.45, 7) is 0.211. The lowest BCUT2D eigenvalue weighted by Crippen LogP contribution is -2.32. The van der Waals surface area contributed by atoms with E-state index in [2.05, 4.69) is 0 Å². The molecule has 1 aliphatic heterocycles. The van der Waals surface area contributed by atoms with Crippen LogP contribution in [0.3, 0.4) is 0 Å². The van der Waals surface area contributed by atoms with Crippen molar-refractivity contribution in [1.82, 2.24) is 4.90 Å². The van der Waals surface area contributed by atoms with Gasteiger partial charge in [0.1, 0.15) is 6.61 Å². The van der Waals surface area contributed by atoms with Gasteiger partial charge in [0.25, 0.3) is 11.1 Å². The van der Waals surface area contributed by atoms with E-state index in [0.29, 0.717) is 28.4 Å². The van der Waals surface area contributed by atoms with Crippen LogP contribution in [0.1, 0.15) is 15.9 Å². The molecule has 4 aromatic rings. The quantitative estimate of drug-likeness (QED) is 0.137. The van der Waals surface area contributed by atoms with Crippen LogP contribution >= 0.6 is 11.8 Å². The second kappa shape index (κ2) is 12.0. The van der Waals surface area contributed by atoms with Crippen LogP contribution in [-0.4, -0.2) is 49.4 Å². The van der Waals surface area contributed by atoms with Gasteiger partial charge in [0.2, 0.25) is 0 Å². The predicted octanol–water partition coefficient (Wildman–Crippen LogP) is 6.19. The van der Waals surface area contributed by atoms with Gasteiger partial charge in [-0.25, -0.2) is 4.79 Å². The zero-order valence-electron chi connectivity index (χ0n) is 21.8. The Hall–Kier alpha value is -4.76. The highest BCUT2D eigenvalue weighted by molar-refractivity contribution is 8.18. The highest BCUT2D eigenvalue weighted by Crippen LogP contribution is 2.35. The molecule has 1 fully saturated rings. The number of imide groups is 1. The molecule has 0 spiro atoms. The standard InChI is InChI=1S/C31H25NO7S/c1-36-24-12-5-6-13-25(24)38-17-16-32-29(33)28(40-31(32)35)19-20-14-15-26(27(18-20)37-2)39-30(34)23-11-7-9-21-8-3-4-10-22(21)23/h3-15,18-19H,16-17H2,1-2H3/b28-19-. The molecule has 0 aliphatic carbocycles. The first-order valence-electron chi connectivity index (χ1n) is 12.4. The molecule has 8 nitrogen and oxygen atoms in total. The Morgan fingerprint density at radius 1 is 0.825 bits per heavy atom. The maximum Gasteiger partial charge on any atom is 0.344 e. The largest absolute Gasteiger partial charge is 0.493 e. The maximum atomic E-state index is 13.0. The summed E-state index contributed by atoms with van der Waals surface area (Å²) in [6.07, 6.45) is 1.60. The molecule has 1 aliphatic rings. The number of fused-ring (bicyclic) bond motifs is 1. The van der Waals surface area contributed by atoms with Gasteiger partial charge < -0.3 is 18.9 Å². The van der Waals surface area contributed by atoms with E-state index in [4.69, 9.17) is 18.9 Å². The third kappa shape index (κ3) is 5.64. The van der Waals surface area contributed by atoms with Crippen molar-refractivity contribution >= 4 is 45.7 Å². The van der Waals surface area contributed by atoms with Crippen molar-refractivity contribution in [3.8, 4) is 23.0 Å². The summed E-state index contributed by atoms with van der Waals surface area (Å²) < 4.78 is 22.1. The number of amides is 2. The summed E-state index contributed by atoms with van der Waals surface area (Å²) in [5, 5.41) is 1.33. The summed E-state index contributed by atoms with van der Waals surface area (Å²) in [5.74, 6) is 0.715. The van der Waals surface area contributed by atoms with Crippen molar-refractivity contribution in [1.29, 1.82) is 0 Å². The third-order valence-electron chi connectivity index (χ3n) is 6.21. The molecule has 0 bridgehead atoms. The van der Waals surface area contributed by atoms with Gasteiger partial charge in [0, 0.05) is 0 Å². The van der Waals surface area contributed by atoms with Crippen molar-refractivity contribution in [3.63, 3.8) is 0 Å². The molecule has 0 saturated carbocycles. The smallest absolute Gasteiger partial charge is 0.344 e. The number of hydrogen-bond acceptors (Lipinski definition) is 8. The maximum absolute atomic E-state index is 13.0. The SMILES string of the molecule is COc1ccccc1OCCN1C(=O)S/C(=C\c2ccc(OC(=O)c3cccc4ccccc34)c(OC)c2)C1=O. The van der Waals surface area contributed by atoms with Gasteiger partial charge in [-0.3, -0.25) is 14.5 Å². The number of para-hydroxylation sites is 2. The lowest BCUT2D eigenvalue weighted by atomic mass is 10.0. The zero-order chi connectivity index (χ0) is 28.1. The minimum atomic E-state index is -0.515. The van der Waals surface area contributed by atoms with Gasteiger partial charge in [0.05, 0.1) is 31.2 Å². The van der Waals surface area contributed by atoms with E-state index in [9.17, 15) is 14.4 Å². The summed E-state index contributed by atoms with van der Waals surface area (Å²) in [7, 11) is 3.00. The molecule has 0 unspecified atom stereocenters. The van der Waals surface area contributed by atoms with Crippen LogP contribution in [0.5, 0.6) is 23.0 Å². The average Bonchev–Trinajstić information content (AvgIpc) is 3.25. The second-order valence-corrected chi connectivity index (χ2v) is 9.65. The fourth-order valence-electron chi connectivity index (χ4n) is 4.25. The highest BCUT2D eigenvalue weighted by Gasteiger charge is 2.35. The summed E-state index contributed by atoms with van der Waals surface area (Å²) in [4.78, 5) is 39.9. The van der Waals surface area contributed by atoms with Gasteiger partial charge in [-0.15, -0.1) is 0 Å². The van der Waals surface area contributed by atoms with Crippen LogP contribution < -0.4 is 18.9 Å². The van der Waals surface area contributed by atoms with Crippen LogP contribution in [0.2, 0.25) is 0 Å². The number of methoxy groups -OCH3 is 2. The second-order valence-electron chi connectivity index (χ2n) is 8.66. The molecule has 2 amide bonds.